The van der Waals surface area contributed by atoms with Gasteiger partial charge in [-0.1, -0.05) is 24.3 Å². The number of nitrogens with one attached hydrogen (secondary N) is 1. The summed E-state index contributed by atoms with van der Waals surface area (Å²) in [6, 6.07) is 16.4. The van der Waals surface area contributed by atoms with E-state index in [1.165, 1.54) is 30.3 Å². The van der Waals surface area contributed by atoms with Crippen molar-refractivity contribution >= 4 is 21.6 Å². The van der Waals surface area contributed by atoms with Gasteiger partial charge in [0.15, 0.2) is 0 Å². The first-order valence-corrected chi connectivity index (χ1v) is 15.1. The molecule has 10 heteroatoms. The Hall–Kier alpha value is -3.89. The molecule has 1 heterocycles. The molecule has 0 bridgehead atoms. The van der Waals surface area contributed by atoms with Crippen LogP contribution in [0, 0.1) is 17.6 Å². The summed E-state index contributed by atoms with van der Waals surface area (Å²) in [4.78, 5) is 20.0. The van der Waals surface area contributed by atoms with Crippen molar-refractivity contribution in [3.63, 3.8) is 0 Å². The second kappa shape index (κ2) is 10.8. The van der Waals surface area contributed by atoms with Gasteiger partial charge in [-0.2, -0.15) is 0 Å². The monoisotopic (exact) mass is 576 g/mol. The SMILES string of the molecule is Cn1ccnc1CN(C(=O)C1CC1c1ccc(F)cc1)c1ccc2c(c1)C(NS(=O)(=O)c1cccc(F)c1)CCC2. The topological polar surface area (TPSA) is 84.3 Å². The minimum atomic E-state index is -3.98. The number of halogens is 2. The van der Waals surface area contributed by atoms with Gasteiger partial charge >= 0.3 is 0 Å². The summed E-state index contributed by atoms with van der Waals surface area (Å²) >= 11 is 0. The quantitative estimate of drug-likeness (QED) is 0.305. The summed E-state index contributed by atoms with van der Waals surface area (Å²) < 4.78 is 58.2. The Balaban J connectivity index is 1.31. The molecule has 4 aromatic rings. The second-order valence-electron chi connectivity index (χ2n) is 10.8. The lowest BCUT2D eigenvalue weighted by Gasteiger charge is -2.29. The molecule has 0 saturated heterocycles. The Morgan fingerprint density at radius 1 is 1.07 bits per heavy atom. The summed E-state index contributed by atoms with van der Waals surface area (Å²) in [5.41, 5.74) is 3.39. The number of aromatic nitrogens is 2. The van der Waals surface area contributed by atoms with Gasteiger partial charge in [0.2, 0.25) is 15.9 Å². The maximum atomic E-state index is 14.0. The first-order chi connectivity index (χ1) is 19.7. The lowest BCUT2D eigenvalue weighted by molar-refractivity contribution is -0.120. The van der Waals surface area contributed by atoms with Gasteiger partial charge in [-0.05, 0) is 90.8 Å². The molecule has 3 unspecified atom stereocenters. The van der Waals surface area contributed by atoms with E-state index >= 15 is 0 Å². The number of fused-ring (bicyclic) bond motifs is 1. The standard InChI is InChI=1S/C31H30F2N4O3S/c1-36-15-14-34-30(36)19-37(31(38)28-18-26(28)21-8-11-22(32)12-9-21)24-13-10-20-4-2-7-29(27(20)17-24)35-41(39,40)25-6-3-5-23(33)16-25/h3,5-6,8-17,26,28-29,35H,2,4,7,18-19H2,1H3. The highest BCUT2D eigenvalue weighted by Gasteiger charge is 2.46. The molecule has 1 amide bonds. The van der Waals surface area contributed by atoms with Crippen molar-refractivity contribution in [2.24, 2.45) is 13.0 Å². The van der Waals surface area contributed by atoms with Crippen LogP contribution in [-0.4, -0.2) is 23.9 Å². The van der Waals surface area contributed by atoms with Crippen molar-refractivity contribution in [2.75, 3.05) is 4.90 Å². The van der Waals surface area contributed by atoms with Crippen LogP contribution in [-0.2, 0) is 34.8 Å². The van der Waals surface area contributed by atoms with Gasteiger partial charge in [-0.25, -0.2) is 26.9 Å². The normalized spacial score (nSPS) is 19.9. The highest BCUT2D eigenvalue weighted by molar-refractivity contribution is 7.89. The summed E-state index contributed by atoms with van der Waals surface area (Å²) in [6.07, 6.45) is 6.33. The molecule has 0 aliphatic heterocycles. The number of carbonyl (C=O) groups excluding carboxylic acids is 1. The van der Waals surface area contributed by atoms with Gasteiger partial charge in [0.05, 0.1) is 11.4 Å². The molecular formula is C31H30F2N4O3S. The number of nitrogens with zero attached hydrogens (tertiary/aromatic N) is 3. The van der Waals surface area contributed by atoms with E-state index in [1.54, 1.807) is 23.2 Å². The summed E-state index contributed by atoms with van der Waals surface area (Å²) in [7, 11) is -2.11. The minimum absolute atomic E-state index is 0.00965. The van der Waals surface area contributed by atoms with Crippen molar-refractivity contribution < 1.29 is 22.0 Å². The van der Waals surface area contributed by atoms with Crippen LogP contribution in [0.5, 0.6) is 0 Å². The molecule has 212 valence electrons. The Kier molecular flexibility index (Phi) is 7.21. The van der Waals surface area contributed by atoms with E-state index in [2.05, 4.69) is 9.71 Å². The lowest BCUT2D eigenvalue weighted by Crippen LogP contribution is -2.34. The van der Waals surface area contributed by atoms with Crippen molar-refractivity contribution in [1.29, 1.82) is 0 Å². The van der Waals surface area contributed by atoms with Gasteiger partial charge in [-0.3, -0.25) is 4.79 Å². The average molecular weight is 577 g/mol. The fourth-order valence-corrected chi connectivity index (χ4v) is 6.98. The van der Waals surface area contributed by atoms with Gasteiger partial charge in [0, 0.05) is 37.1 Å². The number of hydrogen-bond donors (Lipinski definition) is 1. The van der Waals surface area contributed by atoms with Gasteiger partial charge < -0.3 is 9.47 Å². The Morgan fingerprint density at radius 3 is 2.61 bits per heavy atom. The molecule has 1 aromatic heterocycles. The highest BCUT2D eigenvalue weighted by Crippen LogP contribution is 2.49. The number of sulfonamides is 1. The molecule has 41 heavy (non-hydrogen) atoms. The lowest BCUT2D eigenvalue weighted by atomic mass is 9.87. The number of anilines is 1. The molecule has 0 spiro atoms. The molecule has 7 nitrogen and oxygen atoms in total. The average Bonchev–Trinajstić information content (AvgIpc) is 3.66. The smallest absolute Gasteiger partial charge is 0.241 e. The third-order valence-electron chi connectivity index (χ3n) is 8.05. The molecule has 3 aromatic carbocycles. The zero-order chi connectivity index (χ0) is 28.7. The molecule has 1 fully saturated rings. The fraction of sp³-hybridized carbons (Fsp3) is 0.290. The van der Waals surface area contributed by atoms with E-state index in [4.69, 9.17) is 0 Å². The van der Waals surface area contributed by atoms with E-state index in [9.17, 15) is 22.0 Å². The van der Waals surface area contributed by atoms with E-state index in [-0.39, 0.29) is 35.0 Å². The van der Waals surface area contributed by atoms with Crippen molar-refractivity contribution in [2.45, 2.75) is 49.1 Å². The van der Waals surface area contributed by atoms with Crippen molar-refractivity contribution in [3.05, 3.63) is 113 Å². The van der Waals surface area contributed by atoms with E-state index < -0.39 is 21.9 Å². The number of imidazole rings is 1. The summed E-state index contributed by atoms with van der Waals surface area (Å²) in [6.45, 7) is 0.243. The number of aryl methyl sites for hydroxylation is 2. The largest absolute Gasteiger partial charge is 0.337 e. The molecule has 6 rings (SSSR count). The van der Waals surface area contributed by atoms with Gasteiger partial charge in [0.25, 0.3) is 0 Å². The second-order valence-corrected chi connectivity index (χ2v) is 12.5. The molecule has 1 N–H and O–H groups in total. The zero-order valence-corrected chi connectivity index (χ0v) is 23.3. The molecule has 1 saturated carbocycles. The van der Waals surface area contributed by atoms with E-state index in [1.807, 2.05) is 36.0 Å². The Morgan fingerprint density at radius 2 is 1.88 bits per heavy atom. The Bertz CT molecular complexity index is 1700. The number of rotatable bonds is 8. The zero-order valence-electron chi connectivity index (χ0n) is 22.5. The molecular weight excluding hydrogens is 546 g/mol. The minimum Gasteiger partial charge on any atom is -0.337 e. The van der Waals surface area contributed by atoms with Gasteiger partial charge in [0.1, 0.15) is 17.5 Å². The third kappa shape index (κ3) is 5.67. The first kappa shape index (κ1) is 27.3. The Labute approximate surface area is 237 Å². The van der Waals surface area contributed by atoms with Crippen LogP contribution in [0.15, 0.2) is 84.0 Å². The first-order valence-electron chi connectivity index (χ1n) is 13.6. The predicted molar refractivity (Wildman–Crippen MR) is 150 cm³/mol. The van der Waals surface area contributed by atoms with Crippen LogP contribution < -0.4 is 9.62 Å². The van der Waals surface area contributed by atoms with Crippen LogP contribution in [0.3, 0.4) is 0 Å². The number of benzene rings is 3. The maximum Gasteiger partial charge on any atom is 0.241 e. The van der Waals surface area contributed by atoms with Crippen LogP contribution in [0.25, 0.3) is 0 Å². The van der Waals surface area contributed by atoms with Crippen LogP contribution >= 0.6 is 0 Å². The number of amides is 1. The van der Waals surface area contributed by atoms with E-state index in [0.717, 1.165) is 35.6 Å². The van der Waals surface area contributed by atoms with Crippen LogP contribution in [0.4, 0.5) is 14.5 Å². The molecule has 3 atom stereocenters. The summed E-state index contributed by atoms with van der Waals surface area (Å²) in [5.74, 6) is -0.533. The number of carbonyl (C=O) groups is 1. The fourth-order valence-electron chi connectivity index (χ4n) is 5.70. The van der Waals surface area contributed by atoms with Crippen molar-refractivity contribution in [1.82, 2.24) is 14.3 Å². The summed E-state index contributed by atoms with van der Waals surface area (Å²) in [5, 5.41) is 0. The maximum absolute atomic E-state index is 14.0. The molecule has 2 aliphatic rings. The third-order valence-corrected chi connectivity index (χ3v) is 9.52. The number of hydrogen-bond acceptors (Lipinski definition) is 4. The van der Waals surface area contributed by atoms with Crippen LogP contribution in [0.2, 0.25) is 0 Å². The van der Waals surface area contributed by atoms with Crippen LogP contribution in [0.1, 0.15) is 53.7 Å². The molecule has 2 aliphatic carbocycles. The molecule has 0 radical (unpaired) electrons. The van der Waals surface area contributed by atoms with E-state index in [0.29, 0.717) is 24.4 Å². The van der Waals surface area contributed by atoms with Crippen molar-refractivity contribution in [3.8, 4) is 0 Å². The predicted octanol–water partition coefficient (Wildman–Crippen LogP) is 5.39. The van der Waals surface area contributed by atoms with Gasteiger partial charge in [-0.15, -0.1) is 0 Å². The highest BCUT2D eigenvalue weighted by atomic mass is 32.2.